The first-order valence-corrected chi connectivity index (χ1v) is 7.63. The molecule has 4 nitrogen and oxygen atoms in total. The highest BCUT2D eigenvalue weighted by molar-refractivity contribution is 5.92. The molecule has 3 aliphatic rings. The molecule has 0 aliphatic carbocycles. The number of morpholine rings is 1. The number of likely N-dealkylation sites (N-methyl/N-ethyl adjacent to an activating group) is 1. The standard InChI is InChI=1S/C17H20N2O2/c1-18(15(20)8-7-12-5-3-2-4-6-12)16-14-11-19-10-9-13(21-14)17(16)19/h2-8,13-14,16-17H,9-11H2,1H3/b8-7-/t13-,14-,16-,17+/m0/s1. The van der Waals surface area contributed by atoms with Crippen molar-refractivity contribution in [2.45, 2.75) is 30.7 Å². The van der Waals surface area contributed by atoms with Crippen LogP contribution in [0.15, 0.2) is 36.4 Å². The molecule has 1 aromatic carbocycles. The Hall–Kier alpha value is -1.65. The number of hydrogen-bond acceptors (Lipinski definition) is 3. The second-order valence-electron chi connectivity index (χ2n) is 6.17. The molecule has 3 heterocycles. The van der Waals surface area contributed by atoms with Gasteiger partial charge in [-0.15, -0.1) is 0 Å². The molecule has 0 spiro atoms. The van der Waals surface area contributed by atoms with E-state index in [2.05, 4.69) is 4.90 Å². The number of amides is 1. The molecule has 3 aliphatic heterocycles. The molecular formula is C17H20N2O2. The van der Waals surface area contributed by atoms with Gasteiger partial charge in [0, 0.05) is 26.2 Å². The lowest BCUT2D eigenvalue weighted by molar-refractivity contribution is -0.127. The molecule has 21 heavy (non-hydrogen) atoms. The van der Waals surface area contributed by atoms with E-state index in [4.69, 9.17) is 4.74 Å². The van der Waals surface area contributed by atoms with E-state index in [1.807, 2.05) is 48.4 Å². The zero-order valence-corrected chi connectivity index (χ0v) is 12.2. The van der Waals surface area contributed by atoms with Gasteiger partial charge in [-0.3, -0.25) is 9.69 Å². The van der Waals surface area contributed by atoms with Crippen molar-refractivity contribution in [2.24, 2.45) is 0 Å². The van der Waals surface area contributed by atoms with Crippen LogP contribution in [0.4, 0.5) is 0 Å². The van der Waals surface area contributed by atoms with E-state index in [0.29, 0.717) is 12.1 Å². The summed E-state index contributed by atoms with van der Waals surface area (Å²) in [6, 6.07) is 10.5. The van der Waals surface area contributed by atoms with Gasteiger partial charge in [0.1, 0.15) is 0 Å². The van der Waals surface area contributed by atoms with Gasteiger partial charge in [-0.25, -0.2) is 0 Å². The minimum atomic E-state index is 0.0619. The van der Waals surface area contributed by atoms with Crippen molar-refractivity contribution in [3.63, 3.8) is 0 Å². The number of rotatable bonds is 3. The maximum Gasteiger partial charge on any atom is 0.246 e. The Kier molecular flexibility index (Phi) is 3.08. The summed E-state index contributed by atoms with van der Waals surface area (Å²) >= 11 is 0. The summed E-state index contributed by atoms with van der Waals surface area (Å²) in [4.78, 5) is 16.8. The third kappa shape index (κ3) is 2.10. The van der Waals surface area contributed by atoms with Crippen LogP contribution >= 0.6 is 0 Å². The van der Waals surface area contributed by atoms with Gasteiger partial charge in [0.2, 0.25) is 5.91 Å². The lowest BCUT2D eigenvalue weighted by Gasteiger charge is -2.26. The predicted molar refractivity (Wildman–Crippen MR) is 80.7 cm³/mol. The maximum atomic E-state index is 12.4. The molecule has 110 valence electrons. The number of ether oxygens (including phenoxy) is 1. The predicted octanol–water partition coefficient (Wildman–Crippen LogP) is 1.38. The van der Waals surface area contributed by atoms with E-state index in [-0.39, 0.29) is 18.1 Å². The van der Waals surface area contributed by atoms with Gasteiger partial charge in [-0.05, 0) is 18.1 Å². The lowest BCUT2D eigenvalue weighted by Crippen LogP contribution is -2.45. The van der Waals surface area contributed by atoms with E-state index in [0.717, 1.165) is 25.1 Å². The molecule has 2 bridgehead atoms. The Morgan fingerprint density at radius 3 is 2.90 bits per heavy atom. The second kappa shape index (κ2) is 4.97. The van der Waals surface area contributed by atoms with Gasteiger partial charge in [-0.1, -0.05) is 30.3 Å². The largest absolute Gasteiger partial charge is 0.370 e. The fraction of sp³-hybridized carbons (Fsp3) is 0.471. The molecule has 4 atom stereocenters. The van der Waals surface area contributed by atoms with Crippen LogP contribution in [0.1, 0.15) is 12.0 Å². The fourth-order valence-corrected chi connectivity index (χ4v) is 4.03. The van der Waals surface area contributed by atoms with Crippen LogP contribution in [0, 0.1) is 0 Å². The Morgan fingerprint density at radius 1 is 1.33 bits per heavy atom. The fourth-order valence-electron chi connectivity index (χ4n) is 4.03. The highest BCUT2D eigenvalue weighted by Gasteiger charge is 2.58. The Labute approximate surface area is 125 Å². The summed E-state index contributed by atoms with van der Waals surface area (Å²) in [6.45, 7) is 2.09. The monoisotopic (exact) mass is 284 g/mol. The number of hydrogen-bond donors (Lipinski definition) is 0. The van der Waals surface area contributed by atoms with Crippen molar-refractivity contribution in [3.05, 3.63) is 42.0 Å². The summed E-state index contributed by atoms with van der Waals surface area (Å²) in [5, 5.41) is 0. The van der Waals surface area contributed by atoms with Crippen LogP contribution in [0.25, 0.3) is 6.08 Å². The van der Waals surface area contributed by atoms with Crippen LogP contribution < -0.4 is 0 Å². The third-order valence-electron chi connectivity index (χ3n) is 5.01. The van der Waals surface area contributed by atoms with Gasteiger partial charge >= 0.3 is 0 Å². The minimum Gasteiger partial charge on any atom is -0.370 e. The topological polar surface area (TPSA) is 32.8 Å². The van der Waals surface area contributed by atoms with E-state index in [9.17, 15) is 4.79 Å². The number of fused-ring (bicyclic) bond motifs is 1. The van der Waals surface area contributed by atoms with E-state index in [1.165, 1.54) is 0 Å². The van der Waals surface area contributed by atoms with E-state index in [1.54, 1.807) is 6.08 Å². The molecule has 0 aromatic heterocycles. The first kappa shape index (κ1) is 13.0. The highest BCUT2D eigenvalue weighted by Crippen LogP contribution is 2.41. The Balaban J connectivity index is 1.47. The van der Waals surface area contributed by atoms with Crippen LogP contribution in [-0.4, -0.2) is 60.1 Å². The quantitative estimate of drug-likeness (QED) is 0.786. The van der Waals surface area contributed by atoms with Crippen molar-refractivity contribution >= 4 is 12.0 Å². The zero-order chi connectivity index (χ0) is 14.4. The van der Waals surface area contributed by atoms with Gasteiger partial charge in [0.15, 0.2) is 0 Å². The Morgan fingerprint density at radius 2 is 2.14 bits per heavy atom. The Bertz CT molecular complexity index is 557. The first-order chi connectivity index (χ1) is 10.2. The average molecular weight is 284 g/mol. The van der Waals surface area contributed by atoms with Crippen LogP contribution in [0.3, 0.4) is 0 Å². The van der Waals surface area contributed by atoms with E-state index >= 15 is 0 Å². The van der Waals surface area contributed by atoms with Gasteiger partial charge < -0.3 is 9.64 Å². The molecule has 0 radical (unpaired) electrons. The molecule has 0 N–H and O–H groups in total. The SMILES string of the molecule is CN(C(=O)/C=C\c1ccccc1)[C@@H]1[C@H]2[C@@H]3CCN2C[C@@H]1O3. The van der Waals surface area contributed by atoms with Crippen molar-refractivity contribution in [1.29, 1.82) is 0 Å². The van der Waals surface area contributed by atoms with Gasteiger partial charge in [0.05, 0.1) is 24.3 Å². The molecule has 4 rings (SSSR count). The molecule has 0 saturated carbocycles. The smallest absolute Gasteiger partial charge is 0.246 e. The molecule has 1 aromatic rings. The maximum absolute atomic E-state index is 12.4. The minimum absolute atomic E-state index is 0.0619. The molecule has 4 heteroatoms. The molecular weight excluding hydrogens is 264 g/mol. The second-order valence-corrected chi connectivity index (χ2v) is 6.17. The zero-order valence-electron chi connectivity index (χ0n) is 12.2. The van der Waals surface area contributed by atoms with Crippen molar-refractivity contribution < 1.29 is 9.53 Å². The summed E-state index contributed by atoms with van der Waals surface area (Å²) in [5.41, 5.74) is 1.05. The van der Waals surface area contributed by atoms with Crippen molar-refractivity contribution in [1.82, 2.24) is 9.80 Å². The van der Waals surface area contributed by atoms with Crippen molar-refractivity contribution in [2.75, 3.05) is 20.1 Å². The molecule has 0 unspecified atom stereocenters. The summed E-state index contributed by atoms with van der Waals surface area (Å²) < 4.78 is 6.04. The molecule has 1 amide bonds. The van der Waals surface area contributed by atoms with E-state index < -0.39 is 0 Å². The first-order valence-electron chi connectivity index (χ1n) is 7.63. The average Bonchev–Trinajstić information content (AvgIpc) is 3.11. The summed E-state index contributed by atoms with van der Waals surface area (Å²) in [7, 11) is 1.91. The number of nitrogens with zero attached hydrogens (tertiary/aromatic N) is 2. The van der Waals surface area contributed by atoms with Gasteiger partial charge in [-0.2, -0.15) is 0 Å². The highest BCUT2D eigenvalue weighted by atomic mass is 16.5. The number of carbonyl (C=O) groups excluding carboxylic acids is 1. The van der Waals surface area contributed by atoms with Gasteiger partial charge in [0.25, 0.3) is 0 Å². The van der Waals surface area contributed by atoms with Crippen LogP contribution in [0.2, 0.25) is 0 Å². The summed E-state index contributed by atoms with van der Waals surface area (Å²) in [6.07, 6.45) is 5.19. The van der Waals surface area contributed by atoms with Crippen molar-refractivity contribution in [3.8, 4) is 0 Å². The normalized spacial score (nSPS) is 34.0. The molecule has 3 saturated heterocycles. The number of carbonyl (C=O) groups is 1. The lowest BCUT2D eigenvalue weighted by atomic mass is 10.1. The van der Waals surface area contributed by atoms with Crippen LogP contribution in [0.5, 0.6) is 0 Å². The number of benzene rings is 1. The third-order valence-corrected chi connectivity index (χ3v) is 5.01. The molecule has 3 fully saturated rings. The van der Waals surface area contributed by atoms with Crippen LogP contribution in [-0.2, 0) is 9.53 Å². The summed E-state index contributed by atoms with van der Waals surface area (Å²) in [5.74, 6) is 0.0619.